The number of nitrogens with zero attached hydrogens (tertiary/aromatic N) is 2. The van der Waals surface area contributed by atoms with Gasteiger partial charge in [0.15, 0.2) is 0 Å². The number of nitrogens with one attached hydrogen (secondary N) is 1. The number of amides is 2. The molecule has 0 bridgehead atoms. The second kappa shape index (κ2) is 8.58. The summed E-state index contributed by atoms with van der Waals surface area (Å²) in [6.45, 7) is 5.21. The van der Waals surface area contributed by atoms with Crippen molar-refractivity contribution in [1.29, 1.82) is 0 Å². The van der Waals surface area contributed by atoms with Crippen LogP contribution in [0.4, 0.5) is 4.79 Å². The SMILES string of the molecule is Cc1ccc(S(=O)(=O)N2CCN(C(=O)N/C=C/c3ccccc3C)CC2)cc1. The van der Waals surface area contributed by atoms with E-state index < -0.39 is 10.0 Å². The van der Waals surface area contributed by atoms with Crippen molar-refractivity contribution in [3.8, 4) is 0 Å². The molecule has 1 heterocycles. The summed E-state index contributed by atoms with van der Waals surface area (Å²) in [6.07, 6.45) is 3.48. The van der Waals surface area contributed by atoms with Crippen molar-refractivity contribution in [2.75, 3.05) is 26.2 Å². The molecule has 1 fully saturated rings. The maximum atomic E-state index is 12.7. The van der Waals surface area contributed by atoms with Crippen LogP contribution >= 0.6 is 0 Å². The summed E-state index contributed by atoms with van der Waals surface area (Å²) >= 11 is 0. The summed E-state index contributed by atoms with van der Waals surface area (Å²) in [5.74, 6) is 0. The van der Waals surface area contributed by atoms with E-state index in [2.05, 4.69) is 5.32 Å². The van der Waals surface area contributed by atoms with Gasteiger partial charge in [-0.25, -0.2) is 13.2 Å². The predicted octanol–water partition coefficient (Wildman–Crippen LogP) is 2.99. The van der Waals surface area contributed by atoms with Gasteiger partial charge < -0.3 is 10.2 Å². The Morgan fingerprint density at radius 2 is 1.61 bits per heavy atom. The van der Waals surface area contributed by atoms with Crippen LogP contribution in [0.5, 0.6) is 0 Å². The monoisotopic (exact) mass is 399 g/mol. The minimum absolute atomic E-state index is 0.225. The molecule has 2 aromatic rings. The molecule has 6 nitrogen and oxygen atoms in total. The molecule has 0 aliphatic carbocycles. The van der Waals surface area contributed by atoms with E-state index in [0.29, 0.717) is 13.1 Å². The Morgan fingerprint density at radius 3 is 2.25 bits per heavy atom. The number of sulfonamides is 1. The van der Waals surface area contributed by atoms with Gasteiger partial charge in [-0.05, 0) is 43.2 Å². The molecule has 3 rings (SSSR count). The third kappa shape index (κ3) is 4.61. The van der Waals surface area contributed by atoms with Gasteiger partial charge in [0.2, 0.25) is 10.0 Å². The molecule has 2 amide bonds. The lowest BCUT2D eigenvalue weighted by Gasteiger charge is -2.33. The van der Waals surface area contributed by atoms with Crippen LogP contribution in [0.3, 0.4) is 0 Å². The van der Waals surface area contributed by atoms with Crippen LogP contribution in [0.25, 0.3) is 6.08 Å². The first-order chi connectivity index (χ1) is 13.4. The number of carbonyl (C=O) groups excluding carboxylic acids is 1. The fraction of sp³-hybridized carbons (Fsp3) is 0.286. The van der Waals surface area contributed by atoms with Gasteiger partial charge in [0.05, 0.1) is 4.90 Å². The van der Waals surface area contributed by atoms with Gasteiger partial charge >= 0.3 is 6.03 Å². The van der Waals surface area contributed by atoms with Crippen LogP contribution in [0.1, 0.15) is 16.7 Å². The van der Waals surface area contributed by atoms with Gasteiger partial charge in [0, 0.05) is 32.4 Å². The smallest absolute Gasteiger partial charge is 0.321 e. The van der Waals surface area contributed by atoms with E-state index in [1.54, 1.807) is 35.4 Å². The molecule has 0 aromatic heterocycles. The third-order valence-electron chi connectivity index (χ3n) is 4.84. The Bertz CT molecular complexity index is 961. The molecule has 148 valence electrons. The molecule has 1 aliphatic heterocycles. The highest BCUT2D eigenvalue weighted by atomic mass is 32.2. The molecule has 1 aliphatic rings. The first-order valence-corrected chi connectivity index (χ1v) is 10.7. The minimum Gasteiger partial charge on any atom is -0.322 e. The zero-order chi connectivity index (χ0) is 20.1. The highest BCUT2D eigenvalue weighted by Crippen LogP contribution is 2.18. The van der Waals surface area contributed by atoms with Crippen molar-refractivity contribution in [2.45, 2.75) is 18.7 Å². The molecule has 28 heavy (non-hydrogen) atoms. The summed E-state index contributed by atoms with van der Waals surface area (Å²) in [7, 11) is -3.52. The highest BCUT2D eigenvalue weighted by Gasteiger charge is 2.29. The van der Waals surface area contributed by atoms with Crippen molar-refractivity contribution in [1.82, 2.24) is 14.5 Å². The summed E-state index contributed by atoms with van der Waals surface area (Å²) in [6, 6.07) is 14.5. The van der Waals surface area contributed by atoms with Crippen LogP contribution in [-0.2, 0) is 10.0 Å². The molecule has 0 atom stereocenters. The van der Waals surface area contributed by atoms with Gasteiger partial charge in [-0.15, -0.1) is 0 Å². The number of carbonyl (C=O) groups is 1. The molecule has 1 saturated heterocycles. The molecule has 0 saturated carbocycles. The number of urea groups is 1. The number of hydrogen-bond donors (Lipinski definition) is 1. The molecular formula is C21H25N3O3S. The zero-order valence-corrected chi connectivity index (χ0v) is 16.9. The van der Waals surface area contributed by atoms with Gasteiger partial charge in [0.25, 0.3) is 0 Å². The fourth-order valence-corrected chi connectivity index (χ4v) is 4.48. The lowest BCUT2D eigenvalue weighted by atomic mass is 10.1. The molecule has 2 aromatic carbocycles. The van der Waals surface area contributed by atoms with Crippen molar-refractivity contribution < 1.29 is 13.2 Å². The average Bonchev–Trinajstić information content (AvgIpc) is 2.70. The maximum absolute atomic E-state index is 12.7. The van der Waals surface area contributed by atoms with Crippen LogP contribution in [0.15, 0.2) is 59.6 Å². The molecule has 7 heteroatoms. The fourth-order valence-electron chi connectivity index (χ4n) is 3.06. The Labute approximate surface area is 166 Å². The van der Waals surface area contributed by atoms with E-state index in [9.17, 15) is 13.2 Å². The second-order valence-electron chi connectivity index (χ2n) is 6.84. The Morgan fingerprint density at radius 1 is 0.964 bits per heavy atom. The topological polar surface area (TPSA) is 69.7 Å². The summed E-state index contributed by atoms with van der Waals surface area (Å²) in [4.78, 5) is 14.3. The zero-order valence-electron chi connectivity index (χ0n) is 16.1. The predicted molar refractivity (Wildman–Crippen MR) is 110 cm³/mol. The number of benzene rings is 2. The van der Waals surface area contributed by atoms with Crippen molar-refractivity contribution in [3.63, 3.8) is 0 Å². The normalized spacial score (nSPS) is 15.7. The van der Waals surface area contributed by atoms with Gasteiger partial charge in [-0.1, -0.05) is 42.0 Å². The molecule has 0 unspecified atom stereocenters. The van der Waals surface area contributed by atoms with E-state index in [-0.39, 0.29) is 24.0 Å². The van der Waals surface area contributed by atoms with Crippen LogP contribution < -0.4 is 5.32 Å². The van der Waals surface area contributed by atoms with Crippen LogP contribution in [-0.4, -0.2) is 49.8 Å². The summed E-state index contributed by atoms with van der Waals surface area (Å²) < 4.78 is 26.9. The lowest BCUT2D eigenvalue weighted by molar-refractivity contribution is 0.175. The third-order valence-corrected chi connectivity index (χ3v) is 6.76. The minimum atomic E-state index is -3.52. The highest BCUT2D eigenvalue weighted by molar-refractivity contribution is 7.89. The number of rotatable bonds is 4. The van der Waals surface area contributed by atoms with E-state index in [1.165, 1.54) is 4.31 Å². The van der Waals surface area contributed by atoms with Crippen molar-refractivity contribution >= 4 is 22.1 Å². The van der Waals surface area contributed by atoms with E-state index >= 15 is 0 Å². The van der Waals surface area contributed by atoms with Crippen LogP contribution in [0, 0.1) is 13.8 Å². The van der Waals surface area contributed by atoms with Crippen molar-refractivity contribution in [2.24, 2.45) is 0 Å². The first kappa shape index (κ1) is 20.1. The summed E-state index contributed by atoms with van der Waals surface area (Å²) in [5.41, 5.74) is 3.18. The van der Waals surface area contributed by atoms with Crippen molar-refractivity contribution in [3.05, 3.63) is 71.4 Å². The number of aryl methyl sites for hydroxylation is 2. The lowest BCUT2D eigenvalue weighted by Crippen LogP contribution is -2.52. The molecule has 0 spiro atoms. The van der Waals surface area contributed by atoms with E-state index in [0.717, 1.165) is 16.7 Å². The van der Waals surface area contributed by atoms with E-state index in [1.807, 2.05) is 44.2 Å². The Balaban J connectivity index is 1.55. The van der Waals surface area contributed by atoms with Gasteiger partial charge in [-0.2, -0.15) is 4.31 Å². The largest absolute Gasteiger partial charge is 0.322 e. The molecular weight excluding hydrogens is 374 g/mol. The standard InChI is InChI=1S/C21H25N3O3S/c1-17-7-9-20(10-8-17)28(26,27)24-15-13-23(14-16-24)21(25)22-12-11-19-6-4-3-5-18(19)2/h3-12H,13-16H2,1-2H3,(H,22,25)/b12-11+. The first-order valence-electron chi connectivity index (χ1n) is 9.22. The van der Waals surface area contributed by atoms with Crippen LogP contribution in [0.2, 0.25) is 0 Å². The second-order valence-corrected chi connectivity index (χ2v) is 8.78. The average molecular weight is 400 g/mol. The number of piperazine rings is 1. The Hall–Kier alpha value is -2.64. The molecule has 0 radical (unpaired) electrons. The molecule has 1 N–H and O–H groups in total. The Kier molecular flexibility index (Phi) is 6.16. The number of hydrogen-bond acceptors (Lipinski definition) is 3. The van der Waals surface area contributed by atoms with E-state index in [4.69, 9.17) is 0 Å². The van der Waals surface area contributed by atoms with Gasteiger partial charge in [0.1, 0.15) is 0 Å². The quantitative estimate of drug-likeness (QED) is 0.859. The summed E-state index contributed by atoms with van der Waals surface area (Å²) in [5, 5.41) is 2.76. The van der Waals surface area contributed by atoms with Gasteiger partial charge in [-0.3, -0.25) is 0 Å². The maximum Gasteiger partial charge on any atom is 0.321 e.